The Kier molecular flexibility index (Phi) is 6.61. The van der Waals surface area contributed by atoms with E-state index in [1.807, 2.05) is 18.2 Å². The monoisotopic (exact) mass is 441 g/mol. The minimum absolute atomic E-state index is 0.386. The van der Waals surface area contributed by atoms with E-state index in [-0.39, 0.29) is 0 Å². The molecule has 0 saturated heterocycles. The number of anilines is 3. The molecule has 0 aliphatic heterocycles. The van der Waals surface area contributed by atoms with Gasteiger partial charge in [-0.05, 0) is 49.8 Å². The average Bonchev–Trinajstić information content (AvgIpc) is 2.80. The number of aromatic nitrogens is 4. The zero-order chi connectivity index (χ0) is 21.6. The van der Waals surface area contributed by atoms with E-state index in [1.54, 1.807) is 18.6 Å². The van der Waals surface area contributed by atoms with Crippen molar-refractivity contribution in [3.8, 4) is 0 Å². The molecule has 1 aliphatic rings. The van der Waals surface area contributed by atoms with Gasteiger partial charge in [0.15, 0.2) is 5.15 Å². The molecule has 3 aromatic heterocycles. The maximum atomic E-state index is 11.2. The number of hydrogen-bond acceptors (Lipinski definition) is 8. The molecule has 1 amide bonds. The Morgan fingerprint density at radius 2 is 1.90 bits per heavy atom. The van der Waals surface area contributed by atoms with Crippen LogP contribution in [0.5, 0.6) is 0 Å². The number of nitrogens with zero attached hydrogens (tertiary/aromatic N) is 4. The lowest BCUT2D eigenvalue weighted by Crippen LogP contribution is -2.29. The predicted molar refractivity (Wildman–Crippen MR) is 120 cm³/mol. The van der Waals surface area contributed by atoms with Gasteiger partial charge < -0.3 is 15.4 Å². The number of amides is 1. The molecule has 0 radical (unpaired) electrons. The fourth-order valence-electron chi connectivity index (χ4n) is 3.70. The summed E-state index contributed by atoms with van der Waals surface area (Å²) in [6, 6.07) is 6.29. The molecule has 0 aromatic carbocycles. The minimum Gasteiger partial charge on any atom is -0.453 e. The van der Waals surface area contributed by atoms with E-state index in [2.05, 4.69) is 40.6 Å². The second-order valence-electron chi connectivity index (χ2n) is 7.52. The Bertz CT molecular complexity index is 1040. The van der Waals surface area contributed by atoms with Crippen LogP contribution in [0.2, 0.25) is 5.15 Å². The average molecular weight is 442 g/mol. The lowest BCUT2D eigenvalue weighted by molar-refractivity contribution is 0.187. The lowest BCUT2D eigenvalue weighted by Gasteiger charge is -2.29. The quantitative estimate of drug-likeness (QED) is 0.484. The Hall–Kier alpha value is -3.20. The van der Waals surface area contributed by atoms with E-state index in [9.17, 15) is 4.79 Å². The van der Waals surface area contributed by atoms with Crippen molar-refractivity contribution < 1.29 is 9.53 Å². The van der Waals surface area contributed by atoms with Crippen LogP contribution in [0.15, 0.2) is 36.8 Å². The molecule has 1 aliphatic carbocycles. The van der Waals surface area contributed by atoms with E-state index in [0.29, 0.717) is 28.7 Å². The van der Waals surface area contributed by atoms with Crippen LogP contribution in [-0.2, 0) is 4.74 Å². The Labute approximate surface area is 185 Å². The third kappa shape index (κ3) is 5.49. The Balaban J connectivity index is 1.24. The van der Waals surface area contributed by atoms with Crippen molar-refractivity contribution in [3.63, 3.8) is 0 Å². The van der Waals surface area contributed by atoms with Crippen molar-refractivity contribution in [3.05, 3.63) is 41.9 Å². The number of fused-ring (bicyclic) bond motifs is 1. The number of nitrogens with one attached hydrogen (secondary N) is 3. The maximum absolute atomic E-state index is 11.2. The van der Waals surface area contributed by atoms with Gasteiger partial charge in [-0.3, -0.25) is 5.32 Å². The molecule has 1 fully saturated rings. The molecule has 10 heteroatoms. The van der Waals surface area contributed by atoms with Crippen LogP contribution < -0.4 is 16.0 Å². The molecule has 3 heterocycles. The number of carbonyl (C=O) groups excluding carboxylic acids is 1. The SMILES string of the molecule is COC(=O)Nc1cnc(NC[C@H]2CC[C@H](Nc3ccc4ccnc(Cl)c4n3)CC2)nc1. The van der Waals surface area contributed by atoms with Crippen molar-refractivity contribution in [1.29, 1.82) is 0 Å². The highest BCUT2D eigenvalue weighted by molar-refractivity contribution is 6.33. The summed E-state index contributed by atoms with van der Waals surface area (Å²) in [5, 5.41) is 10.7. The first-order chi connectivity index (χ1) is 15.1. The van der Waals surface area contributed by atoms with Crippen LogP contribution in [0, 0.1) is 5.92 Å². The largest absolute Gasteiger partial charge is 0.453 e. The van der Waals surface area contributed by atoms with Crippen LogP contribution in [0.3, 0.4) is 0 Å². The van der Waals surface area contributed by atoms with Gasteiger partial charge in [-0.15, -0.1) is 0 Å². The summed E-state index contributed by atoms with van der Waals surface area (Å²) < 4.78 is 4.54. The van der Waals surface area contributed by atoms with Gasteiger partial charge >= 0.3 is 6.09 Å². The fraction of sp³-hybridized carbons (Fsp3) is 0.381. The zero-order valence-corrected chi connectivity index (χ0v) is 17.9. The highest BCUT2D eigenvalue weighted by Crippen LogP contribution is 2.27. The fourth-order valence-corrected chi connectivity index (χ4v) is 3.91. The molecule has 3 aromatic rings. The summed E-state index contributed by atoms with van der Waals surface area (Å²) >= 11 is 6.17. The maximum Gasteiger partial charge on any atom is 0.411 e. The van der Waals surface area contributed by atoms with Gasteiger partial charge in [0.1, 0.15) is 11.3 Å². The Morgan fingerprint density at radius 3 is 2.65 bits per heavy atom. The molecule has 0 bridgehead atoms. The molecule has 0 unspecified atom stereocenters. The molecule has 3 N–H and O–H groups in total. The molecule has 0 spiro atoms. The highest BCUT2D eigenvalue weighted by atomic mass is 35.5. The van der Waals surface area contributed by atoms with E-state index in [1.165, 1.54) is 7.11 Å². The number of carbonyl (C=O) groups is 1. The Morgan fingerprint density at radius 1 is 1.13 bits per heavy atom. The second kappa shape index (κ2) is 9.74. The first kappa shape index (κ1) is 21.0. The number of ether oxygens (including phenoxy) is 1. The summed E-state index contributed by atoms with van der Waals surface area (Å²) in [5.74, 6) is 1.93. The second-order valence-corrected chi connectivity index (χ2v) is 7.88. The van der Waals surface area contributed by atoms with Gasteiger partial charge in [-0.1, -0.05) is 11.6 Å². The van der Waals surface area contributed by atoms with E-state index < -0.39 is 6.09 Å². The number of rotatable bonds is 6. The van der Waals surface area contributed by atoms with Gasteiger partial charge in [-0.25, -0.2) is 24.7 Å². The van der Waals surface area contributed by atoms with Crippen molar-refractivity contribution in [2.75, 3.05) is 29.6 Å². The zero-order valence-electron chi connectivity index (χ0n) is 17.1. The van der Waals surface area contributed by atoms with Gasteiger partial charge in [0.2, 0.25) is 5.95 Å². The standard InChI is InChI=1S/C21H24ClN7O2/c1-31-21(30)28-16-11-25-20(26-12-16)24-10-13-2-5-15(6-3-13)27-17-7-4-14-8-9-23-19(22)18(14)29-17/h4,7-9,11-13,15H,2-3,5-6,10H2,1H3,(H,27,29)(H,28,30)(H,24,25,26)/t13-,15-. The summed E-state index contributed by atoms with van der Waals surface area (Å²) in [6.07, 6.45) is 8.56. The van der Waals surface area contributed by atoms with E-state index >= 15 is 0 Å². The summed E-state index contributed by atoms with van der Waals surface area (Å²) in [4.78, 5) is 28.4. The summed E-state index contributed by atoms with van der Waals surface area (Å²) in [7, 11) is 1.31. The molecule has 9 nitrogen and oxygen atoms in total. The topological polar surface area (TPSA) is 114 Å². The van der Waals surface area contributed by atoms with E-state index in [4.69, 9.17) is 11.6 Å². The molecule has 0 atom stereocenters. The first-order valence-corrected chi connectivity index (χ1v) is 10.6. The van der Waals surface area contributed by atoms with Gasteiger partial charge in [0, 0.05) is 24.2 Å². The first-order valence-electron chi connectivity index (χ1n) is 10.2. The minimum atomic E-state index is -0.548. The van der Waals surface area contributed by atoms with Crippen molar-refractivity contribution in [2.45, 2.75) is 31.7 Å². The third-order valence-electron chi connectivity index (χ3n) is 5.40. The molecule has 31 heavy (non-hydrogen) atoms. The number of methoxy groups -OCH3 is 1. The van der Waals surface area contributed by atoms with Crippen LogP contribution in [0.25, 0.3) is 10.9 Å². The smallest absolute Gasteiger partial charge is 0.411 e. The molecule has 162 valence electrons. The van der Waals surface area contributed by atoms with Crippen LogP contribution in [-0.4, -0.2) is 45.7 Å². The molecular formula is C21H24ClN7O2. The van der Waals surface area contributed by atoms with Crippen molar-refractivity contribution >= 4 is 46.1 Å². The molecular weight excluding hydrogens is 418 g/mol. The summed E-state index contributed by atoms with van der Waals surface area (Å²) in [5.41, 5.74) is 1.21. The third-order valence-corrected chi connectivity index (χ3v) is 5.67. The van der Waals surface area contributed by atoms with Crippen LogP contribution in [0.4, 0.5) is 22.2 Å². The van der Waals surface area contributed by atoms with E-state index in [0.717, 1.165) is 48.9 Å². The lowest BCUT2D eigenvalue weighted by atomic mass is 9.86. The van der Waals surface area contributed by atoms with Crippen molar-refractivity contribution in [1.82, 2.24) is 19.9 Å². The van der Waals surface area contributed by atoms with Crippen LogP contribution in [0.1, 0.15) is 25.7 Å². The molecule has 4 rings (SSSR count). The number of hydrogen-bond donors (Lipinski definition) is 3. The van der Waals surface area contributed by atoms with Gasteiger partial charge in [-0.2, -0.15) is 0 Å². The van der Waals surface area contributed by atoms with Crippen LogP contribution >= 0.6 is 11.6 Å². The van der Waals surface area contributed by atoms with Gasteiger partial charge in [0.25, 0.3) is 0 Å². The number of halogens is 1. The van der Waals surface area contributed by atoms with Crippen molar-refractivity contribution in [2.24, 2.45) is 5.92 Å². The molecule has 1 saturated carbocycles. The number of pyridine rings is 2. The summed E-state index contributed by atoms with van der Waals surface area (Å²) in [6.45, 7) is 0.812. The normalized spacial score (nSPS) is 18.4. The highest BCUT2D eigenvalue weighted by Gasteiger charge is 2.21. The predicted octanol–water partition coefficient (Wildman–Crippen LogP) is 4.33. The van der Waals surface area contributed by atoms with Gasteiger partial charge in [0.05, 0.1) is 25.2 Å².